The molecule has 20 heavy (non-hydrogen) atoms. The topological polar surface area (TPSA) is 58.6 Å². The normalized spacial score (nSPS) is 13.3. The minimum atomic E-state index is -0.789. The smallest absolute Gasteiger partial charge is 0.222 e. The van der Waals surface area contributed by atoms with Crippen molar-refractivity contribution in [2.45, 2.75) is 25.5 Å². The van der Waals surface area contributed by atoms with E-state index in [0.717, 1.165) is 0 Å². The molecule has 1 aromatic carbocycles. The zero-order chi connectivity index (χ0) is 15.0. The van der Waals surface area contributed by atoms with Crippen molar-refractivity contribution in [2.24, 2.45) is 0 Å². The number of aliphatic hydroxyl groups excluding tert-OH is 1. The molecule has 0 bridgehead atoms. The van der Waals surface area contributed by atoms with Gasteiger partial charge in [0.25, 0.3) is 0 Å². The van der Waals surface area contributed by atoms with E-state index in [0.29, 0.717) is 10.6 Å². The highest BCUT2D eigenvalue weighted by Crippen LogP contribution is 2.19. The highest BCUT2D eigenvalue weighted by atomic mass is 35.5. The first-order valence-electron chi connectivity index (χ1n) is 6.28. The predicted octanol–water partition coefficient (Wildman–Crippen LogP) is 1.92. The van der Waals surface area contributed by atoms with E-state index in [1.54, 1.807) is 31.2 Å². The maximum Gasteiger partial charge on any atom is 0.222 e. The van der Waals surface area contributed by atoms with E-state index in [1.165, 1.54) is 0 Å². The van der Waals surface area contributed by atoms with Crippen molar-refractivity contribution in [2.75, 3.05) is 13.2 Å². The molecular weight excluding hydrogens is 278 g/mol. The fourth-order valence-electron chi connectivity index (χ4n) is 1.65. The third kappa shape index (κ3) is 5.62. The molecule has 2 unspecified atom stereocenters. The fourth-order valence-corrected chi connectivity index (χ4v) is 1.78. The molecule has 0 aliphatic rings. The Labute approximate surface area is 124 Å². The Bertz CT molecular complexity index is 467. The largest absolute Gasteiger partial charge is 0.386 e. The Morgan fingerprint density at radius 1 is 1.50 bits per heavy atom. The van der Waals surface area contributed by atoms with Crippen LogP contribution >= 0.6 is 11.6 Å². The summed E-state index contributed by atoms with van der Waals surface area (Å²) in [5.41, 5.74) is 0.700. The zero-order valence-electron chi connectivity index (χ0n) is 11.3. The van der Waals surface area contributed by atoms with E-state index in [4.69, 9.17) is 22.8 Å². The zero-order valence-corrected chi connectivity index (χ0v) is 12.1. The Hall–Kier alpha value is -1.54. The Balaban J connectivity index is 2.41. The molecule has 0 aromatic heterocycles. The van der Waals surface area contributed by atoms with Gasteiger partial charge in [0.1, 0.15) is 6.61 Å². The van der Waals surface area contributed by atoms with Crippen molar-refractivity contribution in [3.63, 3.8) is 0 Å². The van der Waals surface area contributed by atoms with E-state index >= 15 is 0 Å². The number of rotatable bonds is 7. The minimum absolute atomic E-state index is 0.191. The van der Waals surface area contributed by atoms with Crippen molar-refractivity contribution in [1.82, 2.24) is 5.32 Å². The van der Waals surface area contributed by atoms with Gasteiger partial charge in [-0.05, 0) is 24.6 Å². The van der Waals surface area contributed by atoms with Gasteiger partial charge in [-0.1, -0.05) is 29.7 Å². The average Bonchev–Trinajstić information content (AvgIpc) is 2.43. The lowest BCUT2D eigenvalue weighted by atomic mass is 10.0. The molecule has 0 fully saturated rings. The first kappa shape index (κ1) is 16.5. The molecule has 1 rings (SSSR count). The number of hydrogen-bond acceptors (Lipinski definition) is 3. The number of nitrogens with one attached hydrogen (secondary N) is 1. The molecule has 0 saturated carbocycles. The lowest BCUT2D eigenvalue weighted by Gasteiger charge is -2.20. The summed E-state index contributed by atoms with van der Waals surface area (Å²) < 4.78 is 5.02. The van der Waals surface area contributed by atoms with Crippen LogP contribution in [0, 0.1) is 12.3 Å². The monoisotopic (exact) mass is 295 g/mol. The Kier molecular flexibility index (Phi) is 7.10. The second-order valence-electron chi connectivity index (χ2n) is 4.36. The number of aliphatic hydroxyl groups is 1. The van der Waals surface area contributed by atoms with Crippen LogP contribution in [0.2, 0.25) is 5.02 Å². The average molecular weight is 296 g/mol. The van der Waals surface area contributed by atoms with Crippen molar-refractivity contribution in [3.05, 3.63) is 34.9 Å². The molecule has 0 aliphatic heterocycles. The highest BCUT2D eigenvalue weighted by molar-refractivity contribution is 6.30. The Morgan fingerprint density at radius 3 is 2.75 bits per heavy atom. The molecule has 2 atom stereocenters. The number of ether oxygens (including phenoxy) is 1. The lowest BCUT2D eigenvalue weighted by molar-refractivity contribution is -0.123. The minimum Gasteiger partial charge on any atom is -0.386 e. The predicted molar refractivity (Wildman–Crippen MR) is 78.3 cm³/mol. The molecule has 0 saturated heterocycles. The van der Waals surface area contributed by atoms with Gasteiger partial charge in [-0.2, -0.15) is 0 Å². The van der Waals surface area contributed by atoms with Crippen LogP contribution in [0.15, 0.2) is 24.3 Å². The number of halogens is 1. The summed E-state index contributed by atoms with van der Waals surface area (Å²) in [6.45, 7) is 2.19. The highest BCUT2D eigenvalue weighted by Gasteiger charge is 2.18. The van der Waals surface area contributed by atoms with E-state index in [-0.39, 0.29) is 25.5 Å². The van der Waals surface area contributed by atoms with Crippen LogP contribution in [-0.4, -0.2) is 30.3 Å². The molecular formula is C15H18ClNO3. The number of benzene rings is 1. The standard InChI is InChI=1S/C15H18ClNO3/c1-3-9-20-10-8-14(18)17-11(2)15(19)12-4-6-13(16)7-5-12/h1,4-7,11,15,19H,8-10H2,2H3,(H,17,18). The number of amides is 1. The summed E-state index contributed by atoms with van der Waals surface area (Å²) in [7, 11) is 0. The van der Waals surface area contributed by atoms with Gasteiger partial charge < -0.3 is 15.2 Å². The SMILES string of the molecule is C#CCOCCC(=O)NC(C)C(O)c1ccc(Cl)cc1. The van der Waals surface area contributed by atoms with Crippen molar-refractivity contribution >= 4 is 17.5 Å². The van der Waals surface area contributed by atoms with Gasteiger partial charge in [0.05, 0.1) is 25.2 Å². The van der Waals surface area contributed by atoms with E-state index in [9.17, 15) is 9.90 Å². The van der Waals surface area contributed by atoms with Gasteiger partial charge in [-0.3, -0.25) is 4.79 Å². The van der Waals surface area contributed by atoms with Gasteiger partial charge >= 0.3 is 0 Å². The third-order valence-corrected chi connectivity index (χ3v) is 2.98. The van der Waals surface area contributed by atoms with E-state index < -0.39 is 12.1 Å². The van der Waals surface area contributed by atoms with E-state index in [1.807, 2.05) is 0 Å². The first-order valence-corrected chi connectivity index (χ1v) is 6.66. The van der Waals surface area contributed by atoms with Gasteiger partial charge in [0.2, 0.25) is 5.91 Å². The molecule has 0 heterocycles. The van der Waals surface area contributed by atoms with Crippen LogP contribution in [0.1, 0.15) is 25.0 Å². The molecule has 0 spiro atoms. The summed E-state index contributed by atoms with van der Waals surface area (Å²) >= 11 is 5.78. The summed E-state index contributed by atoms with van der Waals surface area (Å²) in [4.78, 5) is 11.6. The summed E-state index contributed by atoms with van der Waals surface area (Å²) in [5, 5.41) is 13.4. The molecule has 1 aromatic rings. The van der Waals surface area contributed by atoms with Gasteiger partial charge in [0, 0.05) is 5.02 Å². The van der Waals surface area contributed by atoms with Crippen LogP contribution in [0.3, 0.4) is 0 Å². The van der Waals surface area contributed by atoms with Gasteiger partial charge in [-0.15, -0.1) is 6.42 Å². The molecule has 5 heteroatoms. The number of terminal acetylenes is 1. The third-order valence-electron chi connectivity index (χ3n) is 2.73. The number of hydrogen-bond donors (Lipinski definition) is 2. The Morgan fingerprint density at radius 2 is 2.15 bits per heavy atom. The van der Waals surface area contributed by atoms with E-state index in [2.05, 4.69) is 11.2 Å². The maximum atomic E-state index is 11.6. The number of carbonyl (C=O) groups is 1. The summed E-state index contributed by atoms with van der Waals surface area (Å²) in [6, 6.07) is 6.44. The summed E-state index contributed by atoms with van der Waals surface area (Å²) in [5.74, 6) is 2.13. The molecule has 108 valence electrons. The van der Waals surface area contributed by atoms with Crippen LogP contribution in [-0.2, 0) is 9.53 Å². The molecule has 2 N–H and O–H groups in total. The molecule has 0 aliphatic carbocycles. The van der Waals surface area contributed by atoms with Crippen LogP contribution in [0.25, 0.3) is 0 Å². The van der Waals surface area contributed by atoms with Crippen molar-refractivity contribution < 1.29 is 14.6 Å². The number of carbonyl (C=O) groups excluding carboxylic acids is 1. The second kappa shape index (κ2) is 8.60. The van der Waals surface area contributed by atoms with Crippen LogP contribution in [0.5, 0.6) is 0 Å². The fraction of sp³-hybridized carbons (Fsp3) is 0.400. The second-order valence-corrected chi connectivity index (χ2v) is 4.80. The molecule has 1 amide bonds. The lowest BCUT2D eigenvalue weighted by Crippen LogP contribution is -2.37. The van der Waals surface area contributed by atoms with Crippen molar-refractivity contribution in [3.8, 4) is 12.3 Å². The van der Waals surface area contributed by atoms with Crippen LogP contribution in [0.4, 0.5) is 0 Å². The maximum absolute atomic E-state index is 11.6. The molecule has 4 nitrogen and oxygen atoms in total. The quantitative estimate of drug-likeness (QED) is 0.597. The summed E-state index contributed by atoms with van der Waals surface area (Å²) in [6.07, 6.45) is 4.44. The van der Waals surface area contributed by atoms with Crippen molar-refractivity contribution in [1.29, 1.82) is 0 Å². The van der Waals surface area contributed by atoms with Gasteiger partial charge in [-0.25, -0.2) is 0 Å². The van der Waals surface area contributed by atoms with Crippen LogP contribution < -0.4 is 5.32 Å². The first-order chi connectivity index (χ1) is 9.54. The van der Waals surface area contributed by atoms with Gasteiger partial charge in [0.15, 0.2) is 0 Å². The molecule has 0 radical (unpaired) electrons.